The van der Waals surface area contributed by atoms with E-state index in [2.05, 4.69) is 0 Å². The van der Waals surface area contributed by atoms with Crippen molar-refractivity contribution in [1.29, 1.82) is 0 Å². The van der Waals surface area contributed by atoms with Crippen LogP contribution in [0.1, 0.15) is 14.5 Å². The van der Waals surface area contributed by atoms with E-state index in [1.54, 1.807) is 0 Å². The van der Waals surface area contributed by atoms with Crippen LogP contribution in [0.25, 0.3) is 0 Å². The Labute approximate surface area is 82.9 Å². The fraction of sp³-hybridized carbons (Fsp3) is 0.167. The van der Waals surface area contributed by atoms with Gasteiger partial charge in [-0.15, -0.1) is 22.9 Å². The van der Waals surface area contributed by atoms with Gasteiger partial charge in [-0.05, 0) is 17.7 Å². The van der Waals surface area contributed by atoms with Crippen molar-refractivity contribution in [2.75, 3.05) is 0 Å². The molecule has 0 atom stereocenters. The molecule has 0 aliphatic carbocycles. The normalized spacial score (nSPS) is 10.1. The lowest BCUT2D eigenvalue weighted by Gasteiger charge is -1.84. The molecule has 0 fully saturated rings. The summed E-state index contributed by atoms with van der Waals surface area (Å²) in [7, 11) is 0. The van der Waals surface area contributed by atoms with Crippen molar-refractivity contribution < 1.29 is 4.79 Å². The third-order valence-electron chi connectivity index (χ3n) is 1.07. The van der Waals surface area contributed by atoms with E-state index in [9.17, 15) is 4.79 Å². The van der Waals surface area contributed by atoms with Crippen molar-refractivity contribution in [3.63, 3.8) is 0 Å². The molecular formula is C6H3Cl3OS. The van der Waals surface area contributed by atoms with Crippen LogP contribution in [-0.2, 0) is 5.88 Å². The molecule has 0 N–H and O–H groups in total. The van der Waals surface area contributed by atoms with Gasteiger partial charge in [0.05, 0.1) is 15.8 Å². The van der Waals surface area contributed by atoms with E-state index in [-0.39, 0.29) is 0 Å². The minimum atomic E-state index is -0.492. The Kier molecular flexibility index (Phi) is 3.19. The largest absolute Gasteiger partial charge is 0.275 e. The number of rotatable bonds is 2. The van der Waals surface area contributed by atoms with Gasteiger partial charge in [0, 0.05) is 4.88 Å². The lowest BCUT2D eigenvalue weighted by atomic mass is 10.4. The molecule has 1 aromatic heterocycles. The van der Waals surface area contributed by atoms with Gasteiger partial charge in [0.1, 0.15) is 0 Å². The number of thiophene rings is 1. The van der Waals surface area contributed by atoms with Crippen LogP contribution < -0.4 is 0 Å². The Morgan fingerprint density at radius 2 is 2.27 bits per heavy atom. The molecule has 1 aromatic rings. The van der Waals surface area contributed by atoms with Crippen LogP contribution in [0.15, 0.2) is 6.07 Å². The monoisotopic (exact) mass is 228 g/mol. The number of carbonyl (C=O) groups excluding carboxylic acids is 1. The lowest BCUT2D eigenvalue weighted by Crippen LogP contribution is -1.78. The predicted octanol–water partition coefficient (Wildman–Crippen LogP) is 3.52. The van der Waals surface area contributed by atoms with Crippen LogP contribution in [0.3, 0.4) is 0 Å². The number of alkyl halides is 1. The van der Waals surface area contributed by atoms with Crippen LogP contribution in [0, 0.1) is 0 Å². The first-order valence-electron chi connectivity index (χ1n) is 2.69. The molecule has 11 heavy (non-hydrogen) atoms. The lowest BCUT2D eigenvalue weighted by molar-refractivity contribution is 0.108. The number of hydrogen-bond donors (Lipinski definition) is 0. The summed E-state index contributed by atoms with van der Waals surface area (Å²) in [6.45, 7) is 0. The second-order valence-electron chi connectivity index (χ2n) is 1.79. The zero-order valence-electron chi connectivity index (χ0n) is 5.23. The summed E-state index contributed by atoms with van der Waals surface area (Å²) < 4.78 is 0. The van der Waals surface area contributed by atoms with Crippen molar-refractivity contribution in [1.82, 2.24) is 0 Å². The molecule has 0 aromatic carbocycles. The van der Waals surface area contributed by atoms with E-state index in [0.29, 0.717) is 15.8 Å². The van der Waals surface area contributed by atoms with E-state index in [1.165, 1.54) is 17.4 Å². The smallest absolute Gasteiger partial charge is 0.262 e. The molecule has 0 aliphatic rings. The van der Waals surface area contributed by atoms with E-state index in [0.717, 1.165) is 4.88 Å². The average molecular weight is 230 g/mol. The first kappa shape index (κ1) is 9.33. The summed E-state index contributed by atoms with van der Waals surface area (Å²) in [5.41, 5.74) is 0. The third-order valence-corrected chi connectivity index (χ3v) is 3.40. The maximum atomic E-state index is 10.6. The van der Waals surface area contributed by atoms with Crippen LogP contribution in [-0.4, -0.2) is 5.24 Å². The molecule has 5 heteroatoms. The van der Waals surface area contributed by atoms with Gasteiger partial charge in [-0.3, -0.25) is 4.79 Å². The summed E-state index contributed by atoms with van der Waals surface area (Å²) in [6, 6.07) is 1.53. The number of hydrogen-bond acceptors (Lipinski definition) is 2. The SMILES string of the molecule is O=C(Cl)c1cc(Cl)c(CCl)s1. The van der Waals surface area contributed by atoms with E-state index < -0.39 is 5.24 Å². The minimum absolute atomic E-state index is 0.313. The highest BCUT2D eigenvalue weighted by Gasteiger charge is 2.10. The molecule has 1 heterocycles. The molecule has 0 saturated heterocycles. The summed E-state index contributed by atoms with van der Waals surface area (Å²) >= 11 is 17.7. The first-order chi connectivity index (χ1) is 5.15. The highest BCUT2D eigenvalue weighted by Crippen LogP contribution is 2.29. The fourth-order valence-corrected chi connectivity index (χ4v) is 2.23. The maximum absolute atomic E-state index is 10.6. The van der Waals surface area contributed by atoms with Gasteiger partial charge in [-0.2, -0.15) is 0 Å². The quantitative estimate of drug-likeness (QED) is 0.560. The van der Waals surface area contributed by atoms with E-state index in [1.807, 2.05) is 0 Å². The molecule has 0 radical (unpaired) electrons. The van der Waals surface area contributed by atoms with Crippen LogP contribution in [0.5, 0.6) is 0 Å². The minimum Gasteiger partial charge on any atom is -0.275 e. The summed E-state index contributed by atoms with van der Waals surface area (Å²) in [5.74, 6) is 0.313. The van der Waals surface area contributed by atoms with Crippen LogP contribution >= 0.6 is 46.1 Å². The molecule has 1 nitrogen and oxygen atoms in total. The Morgan fingerprint density at radius 3 is 2.55 bits per heavy atom. The Balaban J connectivity index is 3.05. The third kappa shape index (κ3) is 2.09. The molecule has 0 amide bonds. The van der Waals surface area contributed by atoms with Crippen molar-refractivity contribution in [2.45, 2.75) is 5.88 Å². The Hall–Kier alpha value is 0.240. The van der Waals surface area contributed by atoms with Gasteiger partial charge in [0.2, 0.25) is 0 Å². The first-order valence-corrected chi connectivity index (χ1v) is 4.80. The van der Waals surface area contributed by atoms with Gasteiger partial charge in [0.15, 0.2) is 0 Å². The highest BCUT2D eigenvalue weighted by atomic mass is 35.5. The molecule has 0 spiro atoms. The van der Waals surface area contributed by atoms with Gasteiger partial charge >= 0.3 is 0 Å². The second kappa shape index (κ2) is 3.76. The highest BCUT2D eigenvalue weighted by molar-refractivity contribution is 7.16. The van der Waals surface area contributed by atoms with Crippen molar-refractivity contribution in [3.05, 3.63) is 20.8 Å². The van der Waals surface area contributed by atoms with Crippen molar-refractivity contribution in [3.8, 4) is 0 Å². The fourth-order valence-electron chi connectivity index (χ4n) is 0.595. The summed E-state index contributed by atoms with van der Waals surface area (Å²) in [5, 5.41) is 0.0160. The molecule has 0 bridgehead atoms. The molecule has 0 saturated carbocycles. The topological polar surface area (TPSA) is 17.1 Å². The van der Waals surface area contributed by atoms with Gasteiger partial charge in [0.25, 0.3) is 5.24 Å². The molecule has 0 unspecified atom stereocenters. The second-order valence-corrected chi connectivity index (χ2v) is 3.94. The average Bonchev–Trinajstić information content (AvgIpc) is 2.31. The molecule has 1 rings (SSSR count). The standard InChI is InChI=1S/C6H3Cl3OS/c7-2-5-3(8)1-4(11-5)6(9)10/h1H,2H2. The van der Waals surface area contributed by atoms with E-state index in [4.69, 9.17) is 34.8 Å². The number of halogens is 3. The maximum Gasteiger partial charge on any atom is 0.262 e. The Morgan fingerprint density at radius 1 is 1.64 bits per heavy atom. The van der Waals surface area contributed by atoms with Crippen LogP contribution in [0.2, 0.25) is 5.02 Å². The van der Waals surface area contributed by atoms with Gasteiger partial charge in [-0.1, -0.05) is 11.6 Å². The van der Waals surface area contributed by atoms with Crippen molar-refractivity contribution >= 4 is 51.4 Å². The van der Waals surface area contributed by atoms with Crippen molar-refractivity contribution in [2.24, 2.45) is 0 Å². The Bertz CT molecular complexity index is 281. The van der Waals surface area contributed by atoms with Crippen LogP contribution in [0.4, 0.5) is 0 Å². The van der Waals surface area contributed by atoms with Gasteiger partial charge in [-0.25, -0.2) is 0 Å². The van der Waals surface area contributed by atoms with Gasteiger partial charge < -0.3 is 0 Å². The zero-order valence-corrected chi connectivity index (χ0v) is 8.32. The summed E-state index contributed by atoms with van der Waals surface area (Å²) in [6.07, 6.45) is 0. The summed E-state index contributed by atoms with van der Waals surface area (Å²) in [4.78, 5) is 11.8. The molecular weight excluding hydrogens is 226 g/mol. The molecule has 0 aliphatic heterocycles. The molecule has 60 valence electrons. The number of carbonyl (C=O) groups is 1. The predicted molar refractivity (Wildman–Crippen MR) is 49.1 cm³/mol. The van der Waals surface area contributed by atoms with E-state index >= 15 is 0 Å². The zero-order chi connectivity index (χ0) is 8.43.